The summed E-state index contributed by atoms with van der Waals surface area (Å²) in [6.45, 7) is 6.62. The number of morpholine rings is 1. The van der Waals surface area contributed by atoms with Crippen LogP contribution in [0.15, 0.2) is 91.4 Å². The monoisotopic (exact) mass is 747 g/mol. The summed E-state index contributed by atoms with van der Waals surface area (Å²) < 4.78 is 82.2. The third-order valence-corrected chi connectivity index (χ3v) is 7.71. The number of aromatic nitrogens is 8. The summed E-state index contributed by atoms with van der Waals surface area (Å²) in [6, 6.07) is 19.9. The molecule has 278 valence electrons. The second kappa shape index (κ2) is 16.2. The van der Waals surface area contributed by atoms with Gasteiger partial charge in [-0.15, -0.1) is 10.2 Å². The Balaban J connectivity index is 0.000000189. The Morgan fingerprint density at radius 3 is 1.61 bits per heavy atom. The Labute approximate surface area is 304 Å². The Morgan fingerprint density at radius 2 is 1.15 bits per heavy atom. The predicted molar refractivity (Wildman–Crippen MR) is 188 cm³/mol. The van der Waals surface area contributed by atoms with Gasteiger partial charge in [0.25, 0.3) is 0 Å². The number of nitrogens with one attached hydrogen (secondary N) is 2. The second-order valence-corrected chi connectivity index (χ2v) is 11.9. The zero-order valence-electron chi connectivity index (χ0n) is 28.7. The number of hydrogen-bond donors (Lipinski definition) is 2. The average molecular weight is 748 g/mol. The standard InChI is InChI=1S/C20H19F3N6O.C16H12F3N5/c1-13-10-14(16-2-3-18(28-27-16)29-6-8-30-9-7-29)12-15(11-13)25-19-24-5-4-17(26-19)20(21,22)23;1-10-7-11(13-3-2-5-21-24-13)9-12(8-10)22-15-20-6-4-14(23-15)16(17,18)19/h2-5,10-12H,6-9H2,1H3,(H,24,25,26);2-9H,1H3,(H,20,22,23). The molecule has 0 bridgehead atoms. The minimum Gasteiger partial charge on any atom is -0.378 e. The minimum absolute atomic E-state index is 0.125. The number of ether oxygens (including phenoxy) is 1. The lowest BCUT2D eigenvalue weighted by Crippen LogP contribution is -2.36. The molecule has 0 amide bonds. The number of rotatable bonds is 7. The highest BCUT2D eigenvalue weighted by atomic mass is 19.4. The summed E-state index contributed by atoms with van der Waals surface area (Å²) in [5.74, 6) is 0.529. The van der Waals surface area contributed by atoms with Crippen LogP contribution in [0.3, 0.4) is 0 Å². The van der Waals surface area contributed by atoms with Crippen LogP contribution in [-0.4, -0.2) is 66.6 Å². The first-order valence-electron chi connectivity index (χ1n) is 16.3. The van der Waals surface area contributed by atoms with Crippen molar-refractivity contribution in [2.24, 2.45) is 0 Å². The van der Waals surface area contributed by atoms with E-state index in [0.717, 1.165) is 65.7 Å². The molecule has 0 saturated carbocycles. The van der Waals surface area contributed by atoms with Crippen LogP contribution in [0.5, 0.6) is 0 Å². The summed E-state index contributed by atoms with van der Waals surface area (Å²) in [5.41, 5.74) is 3.83. The highest BCUT2D eigenvalue weighted by molar-refractivity contribution is 5.69. The van der Waals surface area contributed by atoms with Crippen molar-refractivity contribution in [2.75, 3.05) is 41.8 Å². The molecule has 18 heteroatoms. The number of hydrogen-bond acceptors (Lipinski definition) is 12. The van der Waals surface area contributed by atoms with Gasteiger partial charge in [0.1, 0.15) is 11.4 Å². The molecule has 12 nitrogen and oxygen atoms in total. The number of alkyl halides is 6. The van der Waals surface area contributed by atoms with Gasteiger partial charge in [-0.25, -0.2) is 19.9 Å². The lowest BCUT2D eigenvalue weighted by Gasteiger charge is -2.27. The van der Waals surface area contributed by atoms with Gasteiger partial charge in [-0.05, 0) is 97.8 Å². The molecule has 1 fully saturated rings. The first-order valence-corrected chi connectivity index (χ1v) is 16.3. The average Bonchev–Trinajstić information content (AvgIpc) is 3.15. The van der Waals surface area contributed by atoms with E-state index in [0.29, 0.717) is 36.0 Å². The molecule has 6 aromatic rings. The van der Waals surface area contributed by atoms with Crippen molar-refractivity contribution < 1.29 is 31.1 Å². The maximum Gasteiger partial charge on any atom is 0.433 e. The highest BCUT2D eigenvalue weighted by Crippen LogP contribution is 2.31. The Hall–Kier alpha value is -6.30. The Bertz CT molecular complexity index is 2180. The number of halogens is 6. The van der Waals surface area contributed by atoms with Crippen molar-refractivity contribution in [3.8, 4) is 22.5 Å². The first-order chi connectivity index (χ1) is 25.8. The summed E-state index contributed by atoms with van der Waals surface area (Å²) in [6.07, 6.45) is -5.34. The fourth-order valence-corrected chi connectivity index (χ4v) is 5.31. The van der Waals surface area contributed by atoms with E-state index < -0.39 is 23.7 Å². The van der Waals surface area contributed by atoms with E-state index in [-0.39, 0.29) is 11.9 Å². The quantitative estimate of drug-likeness (QED) is 0.154. The van der Waals surface area contributed by atoms with Crippen LogP contribution in [0.1, 0.15) is 22.5 Å². The molecular weight excluding hydrogens is 716 g/mol. The summed E-state index contributed by atoms with van der Waals surface area (Å²) in [5, 5.41) is 22.1. The fourth-order valence-electron chi connectivity index (χ4n) is 5.31. The molecule has 2 aromatic carbocycles. The van der Waals surface area contributed by atoms with Crippen LogP contribution < -0.4 is 15.5 Å². The van der Waals surface area contributed by atoms with E-state index in [4.69, 9.17) is 4.74 Å². The van der Waals surface area contributed by atoms with Crippen LogP contribution in [0.4, 0.5) is 55.4 Å². The second-order valence-electron chi connectivity index (χ2n) is 11.9. The van der Waals surface area contributed by atoms with Crippen molar-refractivity contribution in [3.63, 3.8) is 0 Å². The summed E-state index contributed by atoms with van der Waals surface area (Å²) in [4.78, 5) is 16.9. The maximum absolute atomic E-state index is 12.9. The smallest absolute Gasteiger partial charge is 0.378 e. The van der Waals surface area contributed by atoms with Crippen molar-refractivity contribution >= 4 is 29.1 Å². The van der Waals surface area contributed by atoms with Gasteiger partial charge in [0.2, 0.25) is 11.9 Å². The number of nitrogens with zero attached hydrogens (tertiary/aromatic N) is 9. The largest absolute Gasteiger partial charge is 0.433 e. The Morgan fingerprint density at radius 1 is 0.611 bits per heavy atom. The molecule has 1 aliphatic heterocycles. The topological polar surface area (TPSA) is 140 Å². The maximum atomic E-state index is 12.9. The van der Waals surface area contributed by atoms with Gasteiger partial charge in [-0.3, -0.25) is 0 Å². The van der Waals surface area contributed by atoms with Gasteiger partial charge in [0.15, 0.2) is 5.82 Å². The highest BCUT2D eigenvalue weighted by Gasteiger charge is 2.33. The number of anilines is 5. The van der Waals surface area contributed by atoms with Gasteiger partial charge >= 0.3 is 12.4 Å². The van der Waals surface area contributed by atoms with E-state index in [1.54, 1.807) is 42.6 Å². The molecule has 1 aliphatic rings. The van der Waals surface area contributed by atoms with E-state index in [1.807, 2.05) is 38.1 Å². The van der Waals surface area contributed by atoms with E-state index in [2.05, 4.69) is 55.9 Å². The molecule has 54 heavy (non-hydrogen) atoms. The fraction of sp³-hybridized carbons (Fsp3) is 0.222. The zero-order valence-corrected chi connectivity index (χ0v) is 28.7. The van der Waals surface area contributed by atoms with Crippen molar-refractivity contribution in [1.29, 1.82) is 0 Å². The molecular formula is C36H31F6N11O. The third kappa shape index (κ3) is 9.97. The normalized spacial score (nSPS) is 13.1. The van der Waals surface area contributed by atoms with Crippen molar-refractivity contribution in [1.82, 2.24) is 40.3 Å². The first kappa shape index (κ1) is 37.5. The summed E-state index contributed by atoms with van der Waals surface area (Å²) >= 11 is 0. The van der Waals surface area contributed by atoms with E-state index in [9.17, 15) is 26.3 Å². The molecule has 7 rings (SSSR count). The lowest BCUT2D eigenvalue weighted by atomic mass is 10.1. The van der Waals surface area contributed by atoms with Gasteiger partial charge in [0, 0.05) is 54.2 Å². The Kier molecular flexibility index (Phi) is 11.2. The van der Waals surface area contributed by atoms with Crippen LogP contribution in [-0.2, 0) is 17.1 Å². The molecule has 0 spiro atoms. The van der Waals surface area contributed by atoms with Gasteiger partial charge in [-0.2, -0.15) is 36.5 Å². The molecule has 1 saturated heterocycles. The van der Waals surface area contributed by atoms with Crippen LogP contribution >= 0.6 is 0 Å². The van der Waals surface area contributed by atoms with Crippen molar-refractivity contribution in [2.45, 2.75) is 26.2 Å². The molecule has 0 aliphatic carbocycles. The molecule has 4 aromatic heterocycles. The molecule has 0 atom stereocenters. The zero-order chi connectivity index (χ0) is 38.3. The van der Waals surface area contributed by atoms with Crippen LogP contribution in [0, 0.1) is 13.8 Å². The molecule has 0 radical (unpaired) electrons. The minimum atomic E-state index is -4.53. The molecule has 5 heterocycles. The van der Waals surface area contributed by atoms with Gasteiger partial charge in [-0.1, -0.05) is 0 Å². The van der Waals surface area contributed by atoms with Crippen molar-refractivity contribution in [3.05, 3.63) is 114 Å². The van der Waals surface area contributed by atoms with E-state index >= 15 is 0 Å². The SMILES string of the molecule is Cc1cc(Nc2nccc(C(F)(F)F)n2)cc(-c2ccc(N3CCOCC3)nn2)c1.Cc1cc(Nc2nccc(C(F)(F)F)n2)cc(-c2cccnn2)c1. The molecule has 0 unspecified atom stereocenters. The molecule has 2 N–H and O–H groups in total. The van der Waals surface area contributed by atoms with Gasteiger partial charge in [0.05, 0.1) is 24.6 Å². The predicted octanol–water partition coefficient (Wildman–Crippen LogP) is 7.85. The van der Waals surface area contributed by atoms with Gasteiger partial charge < -0.3 is 20.3 Å². The van der Waals surface area contributed by atoms with E-state index in [1.165, 1.54) is 0 Å². The van der Waals surface area contributed by atoms with Crippen LogP contribution in [0.25, 0.3) is 22.5 Å². The number of benzene rings is 2. The number of aryl methyl sites for hydroxylation is 2. The lowest BCUT2D eigenvalue weighted by molar-refractivity contribution is -0.141. The summed E-state index contributed by atoms with van der Waals surface area (Å²) in [7, 11) is 0. The third-order valence-electron chi connectivity index (χ3n) is 7.71. The van der Waals surface area contributed by atoms with Crippen LogP contribution in [0.2, 0.25) is 0 Å².